The van der Waals surface area contributed by atoms with Gasteiger partial charge in [-0.05, 0) is 24.6 Å². The number of pyridine rings is 1. The zero-order valence-corrected chi connectivity index (χ0v) is 13.1. The Balaban J connectivity index is 1.55. The van der Waals surface area contributed by atoms with E-state index in [1.54, 1.807) is 4.57 Å². The largest absolute Gasteiger partial charge is 0.326 e. The fourth-order valence-electron chi connectivity index (χ4n) is 3.01. The van der Waals surface area contributed by atoms with E-state index in [0.717, 1.165) is 33.9 Å². The van der Waals surface area contributed by atoms with Gasteiger partial charge in [0.1, 0.15) is 0 Å². The van der Waals surface area contributed by atoms with E-state index < -0.39 is 0 Å². The van der Waals surface area contributed by atoms with Crippen molar-refractivity contribution < 1.29 is 0 Å². The summed E-state index contributed by atoms with van der Waals surface area (Å²) in [6.45, 7) is 0.650. The Kier molecular flexibility index (Phi) is 3.71. The molecule has 4 rings (SSSR count). The molecule has 4 aromatic rings. The molecule has 0 radical (unpaired) electrons. The van der Waals surface area contributed by atoms with Gasteiger partial charge in [-0.25, -0.2) is 4.79 Å². The van der Waals surface area contributed by atoms with Gasteiger partial charge in [0.15, 0.2) is 0 Å². The summed E-state index contributed by atoms with van der Waals surface area (Å²) in [6.07, 6.45) is 6.77. The molecule has 0 aliphatic rings. The third-order valence-electron chi connectivity index (χ3n) is 4.16. The van der Waals surface area contributed by atoms with Gasteiger partial charge in [0, 0.05) is 23.7 Å². The molecule has 0 atom stereocenters. The molecule has 4 heteroatoms. The van der Waals surface area contributed by atoms with Gasteiger partial charge >= 0.3 is 5.69 Å². The molecule has 24 heavy (non-hydrogen) atoms. The minimum atomic E-state index is -0.0589. The SMILES string of the molecule is O=c1[nH]c2ccccc2n1CCC=Cc1cccc2cccnc12. The Morgan fingerprint density at radius 3 is 2.88 bits per heavy atom. The molecule has 0 aliphatic heterocycles. The summed E-state index contributed by atoms with van der Waals surface area (Å²) in [5.74, 6) is 0. The minimum Gasteiger partial charge on any atom is -0.306 e. The molecule has 2 heterocycles. The number of aromatic amines is 1. The van der Waals surface area contributed by atoms with Gasteiger partial charge in [-0.3, -0.25) is 9.55 Å². The van der Waals surface area contributed by atoms with E-state index in [2.05, 4.69) is 40.3 Å². The summed E-state index contributed by atoms with van der Waals surface area (Å²) in [4.78, 5) is 19.4. The average molecular weight is 315 g/mol. The molecule has 0 saturated heterocycles. The minimum absolute atomic E-state index is 0.0589. The third kappa shape index (κ3) is 2.63. The molecule has 0 bridgehead atoms. The van der Waals surface area contributed by atoms with Crippen molar-refractivity contribution in [2.45, 2.75) is 13.0 Å². The van der Waals surface area contributed by atoms with Gasteiger partial charge in [-0.2, -0.15) is 0 Å². The van der Waals surface area contributed by atoms with Crippen LogP contribution in [-0.4, -0.2) is 14.5 Å². The van der Waals surface area contributed by atoms with E-state index in [4.69, 9.17) is 0 Å². The summed E-state index contributed by atoms with van der Waals surface area (Å²) in [6, 6.07) is 17.9. The highest BCUT2D eigenvalue weighted by Gasteiger charge is 2.04. The fraction of sp³-hybridized carbons (Fsp3) is 0.100. The number of aromatic nitrogens is 3. The van der Waals surface area contributed by atoms with Gasteiger partial charge in [-0.1, -0.05) is 48.6 Å². The van der Waals surface area contributed by atoms with Crippen LogP contribution in [0.3, 0.4) is 0 Å². The number of aryl methyl sites for hydroxylation is 1. The van der Waals surface area contributed by atoms with Crippen LogP contribution in [-0.2, 0) is 6.54 Å². The second-order valence-corrected chi connectivity index (χ2v) is 5.71. The Morgan fingerprint density at radius 2 is 1.92 bits per heavy atom. The van der Waals surface area contributed by atoms with Crippen molar-refractivity contribution in [2.24, 2.45) is 0 Å². The molecule has 0 amide bonds. The molecule has 0 fully saturated rings. The van der Waals surface area contributed by atoms with Crippen LogP contribution in [0.5, 0.6) is 0 Å². The van der Waals surface area contributed by atoms with Crippen molar-refractivity contribution in [2.75, 3.05) is 0 Å². The van der Waals surface area contributed by atoms with E-state index in [0.29, 0.717) is 6.54 Å². The van der Waals surface area contributed by atoms with Crippen molar-refractivity contribution in [1.29, 1.82) is 0 Å². The second kappa shape index (κ2) is 6.16. The first-order valence-corrected chi connectivity index (χ1v) is 8.01. The van der Waals surface area contributed by atoms with E-state index in [-0.39, 0.29) is 5.69 Å². The summed E-state index contributed by atoms with van der Waals surface area (Å²) < 4.78 is 1.78. The van der Waals surface area contributed by atoms with Gasteiger partial charge in [-0.15, -0.1) is 0 Å². The second-order valence-electron chi connectivity index (χ2n) is 5.71. The van der Waals surface area contributed by atoms with Crippen LogP contribution < -0.4 is 5.69 Å². The predicted octanol–water partition coefficient (Wildman–Crippen LogP) is 3.98. The zero-order chi connectivity index (χ0) is 16.4. The number of rotatable bonds is 4. The predicted molar refractivity (Wildman–Crippen MR) is 98.0 cm³/mol. The number of para-hydroxylation sites is 3. The molecule has 0 spiro atoms. The molecule has 0 saturated carbocycles. The first-order chi connectivity index (χ1) is 11.8. The molecule has 2 aromatic carbocycles. The number of fused-ring (bicyclic) bond motifs is 2. The lowest BCUT2D eigenvalue weighted by molar-refractivity contribution is 0.705. The van der Waals surface area contributed by atoms with Crippen molar-refractivity contribution in [1.82, 2.24) is 14.5 Å². The van der Waals surface area contributed by atoms with Crippen molar-refractivity contribution >= 4 is 28.0 Å². The number of nitrogens with one attached hydrogen (secondary N) is 1. The highest BCUT2D eigenvalue weighted by molar-refractivity contribution is 5.86. The number of allylic oxidation sites excluding steroid dienone is 1. The zero-order valence-electron chi connectivity index (χ0n) is 13.1. The highest BCUT2D eigenvalue weighted by atomic mass is 16.1. The maximum Gasteiger partial charge on any atom is 0.326 e. The normalized spacial score (nSPS) is 11.7. The van der Waals surface area contributed by atoms with Crippen molar-refractivity contribution in [3.63, 3.8) is 0 Å². The molecule has 0 aliphatic carbocycles. The number of benzene rings is 2. The fourth-order valence-corrected chi connectivity index (χ4v) is 3.01. The van der Waals surface area contributed by atoms with E-state index in [1.165, 1.54) is 0 Å². The Hall–Kier alpha value is -3.14. The van der Waals surface area contributed by atoms with Crippen LogP contribution in [0.2, 0.25) is 0 Å². The van der Waals surface area contributed by atoms with E-state index in [9.17, 15) is 4.79 Å². The van der Waals surface area contributed by atoms with Crippen molar-refractivity contribution in [3.8, 4) is 0 Å². The Labute approximate surface area is 139 Å². The molecule has 1 N–H and O–H groups in total. The van der Waals surface area contributed by atoms with Gasteiger partial charge < -0.3 is 4.98 Å². The molecule has 0 unspecified atom stereocenters. The van der Waals surface area contributed by atoms with E-state index in [1.807, 2.05) is 42.6 Å². The van der Waals surface area contributed by atoms with Crippen LogP contribution in [0.4, 0.5) is 0 Å². The number of H-pyrrole nitrogens is 1. The Bertz CT molecular complexity index is 1080. The number of nitrogens with zero attached hydrogens (tertiary/aromatic N) is 2. The van der Waals surface area contributed by atoms with Crippen LogP contribution in [0.1, 0.15) is 12.0 Å². The molecular weight excluding hydrogens is 298 g/mol. The first-order valence-electron chi connectivity index (χ1n) is 8.01. The molecular formula is C20H17N3O. The quantitative estimate of drug-likeness (QED) is 0.619. The van der Waals surface area contributed by atoms with Crippen LogP contribution in [0.25, 0.3) is 28.0 Å². The maximum absolute atomic E-state index is 12.1. The summed E-state index contributed by atoms with van der Waals surface area (Å²) in [5, 5.41) is 1.13. The van der Waals surface area contributed by atoms with Crippen LogP contribution in [0, 0.1) is 0 Å². The summed E-state index contributed by atoms with van der Waals surface area (Å²) in [5.41, 5.74) is 3.86. The lowest BCUT2D eigenvalue weighted by atomic mass is 10.1. The molecule has 4 nitrogen and oxygen atoms in total. The lowest BCUT2D eigenvalue weighted by Gasteiger charge is -2.02. The standard InChI is InChI=1S/C20H17N3O/c24-20-22-17-11-1-2-12-18(17)23(20)14-4-3-7-15-8-5-9-16-10-6-13-21-19(15)16/h1-3,5-13H,4,14H2,(H,22,24). The lowest BCUT2D eigenvalue weighted by Crippen LogP contribution is -2.16. The van der Waals surface area contributed by atoms with E-state index >= 15 is 0 Å². The van der Waals surface area contributed by atoms with Crippen LogP contribution in [0.15, 0.2) is 71.7 Å². The number of imidazole rings is 1. The van der Waals surface area contributed by atoms with Gasteiger partial charge in [0.05, 0.1) is 16.6 Å². The number of hydrogen-bond acceptors (Lipinski definition) is 2. The number of hydrogen-bond donors (Lipinski definition) is 1. The van der Waals surface area contributed by atoms with Crippen molar-refractivity contribution in [3.05, 3.63) is 82.9 Å². The average Bonchev–Trinajstić information content (AvgIpc) is 2.94. The van der Waals surface area contributed by atoms with Crippen LogP contribution >= 0.6 is 0 Å². The highest BCUT2D eigenvalue weighted by Crippen LogP contribution is 2.17. The summed E-state index contributed by atoms with van der Waals surface area (Å²) in [7, 11) is 0. The third-order valence-corrected chi connectivity index (χ3v) is 4.16. The van der Waals surface area contributed by atoms with Gasteiger partial charge in [0.25, 0.3) is 0 Å². The molecule has 118 valence electrons. The maximum atomic E-state index is 12.1. The molecule has 2 aromatic heterocycles. The monoisotopic (exact) mass is 315 g/mol. The summed E-state index contributed by atoms with van der Waals surface area (Å²) >= 11 is 0. The van der Waals surface area contributed by atoms with Gasteiger partial charge in [0.2, 0.25) is 0 Å². The Morgan fingerprint density at radius 1 is 1.04 bits per heavy atom. The first kappa shape index (κ1) is 14.5. The smallest absolute Gasteiger partial charge is 0.306 e. The topological polar surface area (TPSA) is 50.7 Å².